The summed E-state index contributed by atoms with van der Waals surface area (Å²) in [5.41, 5.74) is 4.31. The Hall–Kier alpha value is -2.27. The normalized spacial score (nSPS) is 13.1. The molecule has 4 nitrogen and oxygen atoms in total. The average Bonchev–Trinajstić information content (AvgIpc) is 3.47. The van der Waals surface area contributed by atoms with E-state index in [0.29, 0.717) is 12.0 Å². The molecule has 1 fully saturated rings. The lowest BCUT2D eigenvalue weighted by Gasteiger charge is -2.06. The second-order valence-corrected chi connectivity index (χ2v) is 9.85. The van der Waals surface area contributed by atoms with E-state index in [4.69, 9.17) is 9.97 Å². The van der Waals surface area contributed by atoms with Gasteiger partial charge in [0.05, 0.1) is 21.3 Å². The van der Waals surface area contributed by atoms with Crippen molar-refractivity contribution in [3.8, 4) is 21.8 Å². The topological polar surface area (TPSA) is 50.7 Å². The quantitative estimate of drug-likeness (QED) is 0.393. The lowest BCUT2D eigenvalue weighted by Crippen LogP contribution is -2.05. The first kappa shape index (κ1) is 23.4. The monoisotopic (exact) mass is 436 g/mol. The Kier molecular flexibility index (Phi) is 8.59. The molecule has 0 atom stereocenters. The fourth-order valence-corrected chi connectivity index (χ4v) is 4.59. The molecule has 0 radical (unpaired) electrons. The molecule has 5 heteroatoms. The van der Waals surface area contributed by atoms with Crippen molar-refractivity contribution in [2.24, 2.45) is 5.92 Å². The fraction of sp³-hybridized carbons (Fsp3) is 0.500. The van der Waals surface area contributed by atoms with Gasteiger partial charge in [0.15, 0.2) is 0 Å². The summed E-state index contributed by atoms with van der Waals surface area (Å²) in [6.07, 6.45) is 9.76. The summed E-state index contributed by atoms with van der Waals surface area (Å²) in [6, 6.07) is 11.0. The minimum Gasteiger partial charge on any atom is -0.351 e. The Bertz CT molecular complexity index is 956. The smallest absolute Gasteiger partial charge is 0.223 e. The maximum atomic E-state index is 4.74. The van der Waals surface area contributed by atoms with Crippen LogP contribution in [-0.2, 0) is 0 Å². The van der Waals surface area contributed by atoms with Gasteiger partial charge in [0, 0.05) is 17.8 Å². The van der Waals surface area contributed by atoms with Gasteiger partial charge in [-0.3, -0.25) is 0 Å². The fourth-order valence-electron chi connectivity index (χ4n) is 3.68. The van der Waals surface area contributed by atoms with E-state index >= 15 is 0 Å². The predicted molar refractivity (Wildman–Crippen MR) is 134 cm³/mol. The third-order valence-corrected chi connectivity index (χ3v) is 6.38. The molecule has 31 heavy (non-hydrogen) atoms. The Morgan fingerprint density at radius 3 is 2.45 bits per heavy atom. The molecule has 0 saturated heterocycles. The highest BCUT2D eigenvalue weighted by molar-refractivity contribution is 7.15. The van der Waals surface area contributed by atoms with Crippen LogP contribution in [0.4, 0.5) is 5.95 Å². The third kappa shape index (κ3) is 7.13. The largest absolute Gasteiger partial charge is 0.351 e. The van der Waals surface area contributed by atoms with Crippen LogP contribution in [-0.4, -0.2) is 21.0 Å². The van der Waals surface area contributed by atoms with Gasteiger partial charge in [-0.05, 0) is 44.7 Å². The molecule has 0 amide bonds. The highest BCUT2D eigenvalue weighted by Crippen LogP contribution is 2.36. The first-order valence-electron chi connectivity index (χ1n) is 11.6. The highest BCUT2D eigenvalue weighted by Gasteiger charge is 2.22. The SMILES string of the molecule is CCCC(C)CCC.Cc1cccc(-c2nc(C)sc2-c2ccnc(NC3CC3)n2)c1. The first-order valence-corrected chi connectivity index (χ1v) is 12.5. The summed E-state index contributed by atoms with van der Waals surface area (Å²) in [5, 5.41) is 4.41. The second-order valence-electron chi connectivity index (χ2n) is 8.65. The van der Waals surface area contributed by atoms with Crippen LogP contribution in [0, 0.1) is 19.8 Å². The van der Waals surface area contributed by atoms with Crippen LogP contribution >= 0.6 is 11.3 Å². The third-order valence-electron chi connectivity index (χ3n) is 5.39. The van der Waals surface area contributed by atoms with E-state index < -0.39 is 0 Å². The molecule has 4 rings (SSSR count). The van der Waals surface area contributed by atoms with E-state index in [1.807, 2.05) is 19.2 Å². The molecule has 2 aromatic heterocycles. The molecule has 2 heterocycles. The Morgan fingerprint density at radius 1 is 1.06 bits per heavy atom. The summed E-state index contributed by atoms with van der Waals surface area (Å²) < 4.78 is 0. The standard InChI is InChI=1S/C18H18N4S.C8H18/c1-11-4-3-5-13(10-11)16-17(23-12(2)20-16)15-8-9-19-18(22-15)21-14-6-7-14;1-4-6-8(3)7-5-2/h3-5,8-10,14H,6-7H2,1-2H3,(H,19,21,22);8H,4-7H2,1-3H3. The van der Waals surface area contributed by atoms with Gasteiger partial charge in [0.2, 0.25) is 5.95 Å². The van der Waals surface area contributed by atoms with Gasteiger partial charge in [-0.1, -0.05) is 70.2 Å². The van der Waals surface area contributed by atoms with Gasteiger partial charge in [-0.2, -0.15) is 0 Å². The molecular weight excluding hydrogens is 400 g/mol. The summed E-state index contributed by atoms with van der Waals surface area (Å²) in [5.74, 6) is 1.68. The number of thiazole rings is 1. The van der Waals surface area contributed by atoms with E-state index in [-0.39, 0.29) is 0 Å². The van der Waals surface area contributed by atoms with Crippen molar-refractivity contribution >= 4 is 17.3 Å². The molecule has 1 aliphatic carbocycles. The number of benzene rings is 1. The van der Waals surface area contributed by atoms with Crippen molar-refractivity contribution in [1.29, 1.82) is 0 Å². The molecule has 1 aliphatic rings. The van der Waals surface area contributed by atoms with Crippen molar-refractivity contribution in [3.05, 3.63) is 47.1 Å². The molecule has 1 saturated carbocycles. The zero-order valence-electron chi connectivity index (χ0n) is 19.6. The average molecular weight is 437 g/mol. The van der Waals surface area contributed by atoms with E-state index in [1.165, 1.54) is 44.1 Å². The minimum atomic E-state index is 0.546. The molecule has 0 bridgehead atoms. The minimum absolute atomic E-state index is 0.546. The van der Waals surface area contributed by atoms with Crippen LogP contribution in [0.15, 0.2) is 36.5 Å². The summed E-state index contributed by atoms with van der Waals surface area (Å²) in [7, 11) is 0. The number of rotatable bonds is 8. The van der Waals surface area contributed by atoms with Crippen LogP contribution in [0.25, 0.3) is 21.8 Å². The Balaban J connectivity index is 0.000000293. The summed E-state index contributed by atoms with van der Waals surface area (Å²) >= 11 is 1.68. The van der Waals surface area contributed by atoms with Crippen LogP contribution in [0.2, 0.25) is 0 Å². The molecule has 0 unspecified atom stereocenters. The zero-order valence-corrected chi connectivity index (χ0v) is 20.4. The molecular formula is C26H36N4S. The highest BCUT2D eigenvalue weighted by atomic mass is 32.1. The van der Waals surface area contributed by atoms with E-state index in [9.17, 15) is 0 Å². The Labute approximate surface area is 191 Å². The first-order chi connectivity index (χ1) is 15.0. The van der Waals surface area contributed by atoms with Crippen LogP contribution in [0.3, 0.4) is 0 Å². The van der Waals surface area contributed by atoms with Gasteiger partial charge >= 0.3 is 0 Å². The molecule has 1 N–H and O–H groups in total. The molecule has 1 aromatic carbocycles. The van der Waals surface area contributed by atoms with Gasteiger partial charge in [-0.25, -0.2) is 15.0 Å². The maximum Gasteiger partial charge on any atom is 0.223 e. The van der Waals surface area contributed by atoms with Crippen molar-refractivity contribution in [3.63, 3.8) is 0 Å². The Morgan fingerprint density at radius 2 is 1.81 bits per heavy atom. The van der Waals surface area contributed by atoms with E-state index in [0.717, 1.165) is 32.8 Å². The zero-order chi connectivity index (χ0) is 22.2. The van der Waals surface area contributed by atoms with Crippen molar-refractivity contribution in [2.45, 2.75) is 79.2 Å². The van der Waals surface area contributed by atoms with Crippen LogP contribution in [0.5, 0.6) is 0 Å². The van der Waals surface area contributed by atoms with Gasteiger partial charge in [-0.15, -0.1) is 11.3 Å². The van der Waals surface area contributed by atoms with Gasteiger partial charge in [0.1, 0.15) is 0 Å². The lowest BCUT2D eigenvalue weighted by molar-refractivity contribution is 0.480. The van der Waals surface area contributed by atoms with Gasteiger partial charge in [0.25, 0.3) is 0 Å². The van der Waals surface area contributed by atoms with Crippen LogP contribution < -0.4 is 5.32 Å². The second kappa shape index (κ2) is 11.4. The number of hydrogen-bond donors (Lipinski definition) is 1. The summed E-state index contributed by atoms with van der Waals surface area (Å²) in [6.45, 7) is 11.0. The number of hydrogen-bond acceptors (Lipinski definition) is 5. The van der Waals surface area contributed by atoms with Crippen molar-refractivity contribution in [2.75, 3.05) is 5.32 Å². The molecule has 0 aliphatic heterocycles. The number of nitrogens with one attached hydrogen (secondary N) is 1. The maximum absolute atomic E-state index is 4.74. The van der Waals surface area contributed by atoms with Gasteiger partial charge < -0.3 is 5.32 Å². The van der Waals surface area contributed by atoms with Crippen molar-refractivity contribution in [1.82, 2.24) is 15.0 Å². The number of aromatic nitrogens is 3. The number of nitrogens with zero attached hydrogens (tertiary/aromatic N) is 3. The number of anilines is 1. The van der Waals surface area contributed by atoms with E-state index in [1.54, 1.807) is 11.3 Å². The number of aryl methyl sites for hydroxylation is 2. The summed E-state index contributed by atoms with van der Waals surface area (Å²) in [4.78, 5) is 14.9. The molecule has 0 spiro atoms. The lowest BCUT2D eigenvalue weighted by atomic mass is 10.0. The van der Waals surface area contributed by atoms with Crippen molar-refractivity contribution < 1.29 is 0 Å². The molecule has 166 valence electrons. The predicted octanol–water partition coefficient (Wildman–Crippen LogP) is 7.68. The molecule has 3 aromatic rings. The van der Waals surface area contributed by atoms with E-state index in [2.05, 4.69) is 62.3 Å². The van der Waals surface area contributed by atoms with Crippen LogP contribution in [0.1, 0.15) is 69.9 Å².